The maximum absolute atomic E-state index is 11.5. The summed E-state index contributed by atoms with van der Waals surface area (Å²) >= 11 is 0. The third-order valence-corrected chi connectivity index (χ3v) is 5.43. The highest BCUT2D eigenvalue weighted by Gasteiger charge is 2.13. The van der Waals surface area contributed by atoms with Gasteiger partial charge < -0.3 is 19.2 Å². The van der Waals surface area contributed by atoms with Gasteiger partial charge in [0.2, 0.25) is 10.0 Å². The molecule has 0 aliphatic rings. The number of aromatic nitrogens is 3. The summed E-state index contributed by atoms with van der Waals surface area (Å²) in [4.78, 5) is 9.08. The molecule has 0 amide bonds. The topological polar surface area (TPSA) is 121 Å². The van der Waals surface area contributed by atoms with Crippen molar-refractivity contribution in [2.24, 2.45) is 5.14 Å². The van der Waals surface area contributed by atoms with Crippen LogP contribution in [0.3, 0.4) is 0 Å². The molecule has 0 fully saturated rings. The minimum absolute atomic E-state index is 0.0404. The monoisotopic (exact) mass is 425 g/mol. The molecule has 0 bridgehead atoms. The summed E-state index contributed by atoms with van der Waals surface area (Å²) in [6.45, 7) is 0. The summed E-state index contributed by atoms with van der Waals surface area (Å²) < 4.78 is 35.5. The van der Waals surface area contributed by atoms with Crippen molar-refractivity contribution in [3.05, 3.63) is 61.1 Å². The van der Waals surface area contributed by atoms with Crippen LogP contribution in [0.4, 0.5) is 11.5 Å². The molecule has 0 unspecified atom stereocenters. The van der Waals surface area contributed by atoms with Gasteiger partial charge >= 0.3 is 0 Å². The van der Waals surface area contributed by atoms with Gasteiger partial charge in [-0.2, -0.15) is 0 Å². The van der Waals surface area contributed by atoms with Gasteiger partial charge in [-0.3, -0.25) is 0 Å². The van der Waals surface area contributed by atoms with Gasteiger partial charge in [-0.15, -0.1) is 0 Å². The second-order valence-corrected chi connectivity index (χ2v) is 7.96. The Morgan fingerprint density at radius 3 is 2.43 bits per heavy atom. The number of fused-ring (bicyclic) bond motifs is 1. The maximum Gasteiger partial charge on any atom is 0.238 e. The van der Waals surface area contributed by atoms with Crippen molar-refractivity contribution in [2.45, 2.75) is 4.90 Å². The normalized spacial score (nSPS) is 11.4. The van der Waals surface area contributed by atoms with Gasteiger partial charge in [0.15, 0.2) is 23.0 Å². The Labute approximate surface area is 173 Å². The number of nitrogens with one attached hydrogen (secondary N) is 1. The highest BCUT2D eigenvalue weighted by Crippen LogP contribution is 2.32. The van der Waals surface area contributed by atoms with E-state index in [9.17, 15) is 8.42 Å². The smallest absolute Gasteiger partial charge is 0.238 e. The molecule has 0 saturated heterocycles. The average molecular weight is 425 g/mol. The van der Waals surface area contributed by atoms with Crippen LogP contribution >= 0.6 is 0 Å². The van der Waals surface area contributed by atoms with Gasteiger partial charge in [0.1, 0.15) is 0 Å². The van der Waals surface area contributed by atoms with Gasteiger partial charge in [0.25, 0.3) is 0 Å². The second kappa shape index (κ2) is 7.65. The number of rotatable bonds is 6. The predicted octanol–water partition coefficient (Wildman–Crippen LogP) is 2.80. The van der Waals surface area contributed by atoms with Gasteiger partial charge in [-0.1, -0.05) is 12.1 Å². The zero-order valence-corrected chi connectivity index (χ0v) is 17.1. The highest BCUT2D eigenvalue weighted by molar-refractivity contribution is 7.89. The van der Waals surface area contributed by atoms with Crippen molar-refractivity contribution in [2.75, 3.05) is 19.5 Å². The number of imidazole rings is 1. The first kappa shape index (κ1) is 19.7. The zero-order chi connectivity index (χ0) is 21.3. The number of methoxy groups -OCH3 is 2. The zero-order valence-electron chi connectivity index (χ0n) is 16.2. The van der Waals surface area contributed by atoms with Crippen LogP contribution in [0.2, 0.25) is 0 Å². The van der Waals surface area contributed by atoms with Crippen molar-refractivity contribution in [1.82, 2.24) is 14.4 Å². The lowest BCUT2D eigenvalue weighted by Crippen LogP contribution is -2.11. The lowest BCUT2D eigenvalue weighted by molar-refractivity contribution is 0.355. The molecule has 0 saturated carbocycles. The Kier molecular flexibility index (Phi) is 5.02. The van der Waals surface area contributed by atoms with Crippen LogP contribution in [0.5, 0.6) is 11.5 Å². The molecule has 0 spiro atoms. The molecule has 9 nitrogen and oxygen atoms in total. The molecule has 154 valence electrons. The molecule has 4 aromatic rings. The van der Waals surface area contributed by atoms with E-state index in [-0.39, 0.29) is 4.90 Å². The van der Waals surface area contributed by atoms with Crippen molar-refractivity contribution >= 4 is 27.2 Å². The second-order valence-electron chi connectivity index (χ2n) is 6.40. The summed E-state index contributed by atoms with van der Waals surface area (Å²) in [6.07, 6.45) is 5.29. The number of hydrogen-bond acceptors (Lipinski definition) is 7. The molecule has 3 N–H and O–H groups in total. The number of hydrogen-bond donors (Lipinski definition) is 2. The van der Waals surface area contributed by atoms with Crippen molar-refractivity contribution < 1.29 is 17.9 Å². The van der Waals surface area contributed by atoms with Crippen LogP contribution in [-0.4, -0.2) is 37.0 Å². The van der Waals surface area contributed by atoms with Crippen molar-refractivity contribution in [1.29, 1.82) is 0 Å². The molecule has 2 heterocycles. The van der Waals surface area contributed by atoms with E-state index >= 15 is 0 Å². The van der Waals surface area contributed by atoms with E-state index in [0.29, 0.717) is 28.7 Å². The summed E-state index contributed by atoms with van der Waals surface area (Å²) in [5.41, 5.74) is 2.74. The number of primary sulfonamides is 1. The van der Waals surface area contributed by atoms with E-state index in [4.69, 9.17) is 14.6 Å². The maximum atomic E-state index is 11.5. The first-order chi connectivity index (χ1) is 14.4. The van der Waals surface area contributed by atoms with Gasteiger partial charge in [0, 0.05) is 35.9 Å². The number of ether oxygens (including phenoxy) is 2. The molecule has 0 radical (unpaired) electrons. The molecular weight excluding hydrogens is 406 g/mol. The number of nitrogens with zero attached hydrogens (tertiary/aromatic N) is 3. The molecule has 4 rings (SSSR count). The number of nitrogens with two attached hydrogens (primary N) is 1. The lowest BCUT2D eigenvalue weighted by Gasteiger charge is -2.13. The molecule has 2 aromatic heterocycles. The fourth-order valence-corrected chi connectivity index (χ4v) is 3.54. The van der Waals surface area contributed by atoms with Crippen LogP contribution < -0.4 is 19.9 Å². The first-order valence-electron chi connectivity index (χ1n) is 8.85. The average Bonchev–Trinajstić information content (AvgIpc) is 3.22. The highest BCUT2D eigenvalue weighted by atomic mass is 32.2. The largest absolute Gasteiger partial charge is 0.493 e. The number of anilines is 2. The van der Waals surface area contributed by atoms with E-state index in [1.54, 1.807) is 50.9 Å². The van der Waals surface area contributed by atoms with Crippen LogP contribution in [0.15, 0.2) is 66.0 Å². The van der Waals surface area contributed by atoms with Gasteiger partial charge in [0.05, 0.1) is 24.8 Å². The first-order valence-corrected chi connectivity index (χ1v) is 10.4. The summed E-state index contributed by atoms with van der Waals surface area (Å²) in [7, 11) is -0.616. The Morgan fingerprint density at radius 1 is 1.03 bits per heavy atom. The third-order valence-electron chi connectivity index (χ3n) is 4.50. The number of sulfonamides is 1. The van der Waals surface area contributed by atoms with E-state index in [1.165, 1.54) is 12.1 Å². The standard InChI is InChI=1S/C20H19N5O4S/c1-28-17-8-5-14(11-18(17)29-2)23-19-20-22-9-10-25(20)12-16(24-19)13-3-6-15(7-4-13)30(21,26)27/h3-12H,1-2H3,(H,23,24)(H2,21,26,27). The molecule has 0 aliphatic heterocycles. The van der Waals surface area contributed by atoms with Gasteiger partial charge in [-0.25, -0.2) is 23.5 Å². The van der Waals surface area contributed by atoms with E-state index in [2.05, 4.69) is 15.3 Å². The summed E-state index contributed by atoms with van der Waals surface area (Å²) in [5.74, 6) is 1.72. The molecular formula is C20H19N5O4S. The SMILES string of the molecule is COc1ccc(Nc2nc(-c3ccc(S(N)(=O)=O)cc3)cn3ccnc23)cc1OC. The Hall–Kier alpha value is -3.63. The summed E-state index contributed by atoms with van der Waals surface area (Å²) in [5, 5.41) is 8.43. The molecule has 2 aromatic carbocycles. The van der Waals surface area contributed by atoms with Crippen molar-refractivity contribution in [3.63, 3.8) is 0 Å². The lowest BCUT2D eigenvalue weighted by atomic mass is 10.1. The third kappa shape index (κ3) is 3.78. The predicted molar refractivity (Wildman–Crippen MR) is 113 cm³/mol. The van der Waals surface area contributed by atoms with Crippen LogP contribution in [0.1, 0.15) is 0 Å². The molecule has 10 heteroatoms. The summed E-state index contributed by atoms with van der Waals surface area (Å²) in [6, 6.07) is 11.6. The molecule has 0 aliphatic carbocycles. The Balaban J connectivity index is 1.75. The fraction of sp³-hybridized carbons (Fsp3) is 0.100. The molecule has 30 heavy (non-hydrogen) atoms. The van der Waals surface area contributed by atoms with Crippen LogP contribution in [0.25, 0.3) is 16.9 Å². The van der Waals surface area contributed by atoms with Crippen LogP contribution in [0, 0.1) is 0 Å². The van der Waals surface area contributed by atoms with E-state index in [0.717, 1.165) is 11.3 Å². The Bertz CT molecular complexity index is 1320. The van der Waals surface area contributed by atoms with E-state index in [1.807, 2.05) is 16.7 Å². The quantitative estimate of drug-likeness (QED) is 0.487. The van der Waals surface area contributed by atoms with E-state index < -0.39 is 10.0 Å². The fourth-order valence-electron chi connectivity index (χ4n) is 3.02. The van der Waals surface area contributed by atoms with Crippen LogP contribution in [-0.2, 0) is 10.0 Å². The molecule has 0 atom stereocenters. The minimum Gasteiger partial charge on any atom is -0.493 e. The minimum atomic E-state index is -3.76. The van der Waals surface area contributed by atoms with Crippen molar-refractivity contribution in [3.8, 4) is 22.8 Å². The Morgan fingerprint density at radius 2 is 1.77 bits per heavy atom. The number of benzene rings is 2. The van der Waals surface area contributed by atoms with Gasteiger partial charge in [-0.05, 0) is 24.3 Å².